The number of nitriles is 1. The molecule has 5 heteroatoms. The topological polar surface area (TPSA) is 81.4 Å². The molecular weight excluding hydrogens is 292 g/mol. The van der Waals surface area contributed by atoms with Gasteiger partial charge in [0.05, 0.1) is 17.7 Å². The van der Waals surface area contributed by atoms with Crippen LogP contribution in [0.15, 0.2) is 35.6 Å². The first kappa shape index (κ1) is 16.8. The summed E-state index contributed by atoms with van der Waals surface area (Å²) < 4.78 is 0. The van der Waals surface area contributed by atoms with Crippen molar-refractivity contribution in [2.45, 2.75) is 39.2 Å². The maximum atomic E-state index is 12.1. The molecule has 1 amide bonds. The lowest BCUT2D eigenvalue weighted by Crippen LogP contribution is -2.31. The van der Waals surface area contributed by atoms with E-state index in [1.165, 1.54) is 11.8 Å². The standard InChI is InChI=1S/C18H20N2O3/c1-11(21)14-15(20(10-9-19)17(23)16(14)22)12-5-7-13(8-6-12)18(2,3)4/h5-8,15,22H,10H2,1-4H3/t15-/m1/s1. The van der Waals surface area contributed by atoms with Crippen LogP contribution in [0.5, 0.6) is 0 Å². The van der Waals surface area contributed by atoms with E-state index in [1.807, 2.05) is 30.3 Å². The lowest BCUT2D eigenvalue weighted by molar-refractivity contribution is -0.128. The van der Waals surface area contributed by atoms with Gasteiger partial charge in [-0.3, -0.25) is 9.59 Å². The second kappa shape index (κ2) is 5.88. The van der Waals surface area contributed by atoms with Gasteiger partial charge in [0.1, 0.15) is 6.54 Å². The van der Waals surface area contributed by atoms with Crippen molar-refractivity contribution in [2.24, 2.45) is 0 Å². The predicted molar refractivity (Wildman–Crippen MR) is 85.5 cm³/mol. The fourth-order valence-corrected chi connectivity index (χ4v) is 2.76. The highest BCUT2D eigenvalue weighted by Crippen LogP contribution is 2.38. The van der Waals surface area contributed by atoms with Gasteiger partial charge < -0.3 is 10.0 Å². The van der Waals surface area contributed by atoms with E-state index in [-0.39, 0.29) is 23.3 Å². The molecule has 0 radical (unpaired) electrons. The zero-order valence-corrected chi connectivity index (χ0v) is 13.8. The number of carbonyl (C=O) groups is 2. The van der Waals surface area contributed by atoms with Crippen LogP contribution >= 0.6 is 0 Å². The number of nitrogens with zero attached hydrogens (tertiary/aromatic N) is 2. The lowest BCUT2D eigenvalue weighted by atomic mass is 9.85. The number of carbonyl (C=O) groups excluding carboxylic acids is 2. The molecule has 23 heavy (non-hydrogen) atoms. The van der Waals surface area contributed by atoms with E-state index in [1.54, 1.807) is 0 Å². The van der Waals surface area contributed by atoms with Gasteiger partial charge in [0.25, 0.3) is 5.91 Å². The summed E-state index contributed by atoms with van der Waals surface area (Å²) in [4.78, 5) is 25.2. The van der Waals surface area contributed by atoms with Gasteiger partial charge in [-0.1, -0.05) is 45.0 Å². The fourth-order valence-electron chi connectivity index (χ4n) is 2.76. The molecule has 0 spiro atoms. The Hall–Kier alpha value is -2.61. The van der Waals surface area contributed by atoms with Gasteiger partial charge in [0.15, 0.2) is 11.5 Å². The van der Waals surface area contributed by atoms with E-state index in [9.17, 15) is 14.7 Å². The van der Waals surface area contributed by atoms with Crippen LogP contribution in [0.25, 0.3) is 0 Å². The molecule has 1 aromatic rings. The summed E-state index contributed by atoms with van der Waals surface area (Å²) in [6.45, 7) is 7.40. The third kappa shape index (κ3) is 2.98. The Morgan fingerprint density at radius 1 is 1.30 bits per heavy atom. The predicted octanol–water partition coefficient (Wildman–Crippen LogP) is 2.79. The number of benzene rings is 1. The van der Waals surface area contributed by atoms with E-state index in [4.69, 9.17) is 5.26 Å². The summed E-state index contributed by atoms with van der Waals surface area (Å²) in [6, 6.07) is 8.76. The first-order valence-electron chi connectivity index (χ1n) is 7.41. The molecule has 0 aromatic heterocycles. The Morgan fingerprint density at radius 3 is 2.30 bits per heavy atom. The number of aliphatic hydroxyl groups excluding tert-OH is 1. The van der Waals surface area contributed by atoms with Crippen molar-refractivity contribution in [3.8, 4) is 6.07 Å². The van der Waals surface area contributed by atoms with Crippen molar-refractivity contribution >= 4 is 11.7 Å². The molecule has 0 saturated carbocycles. The molecule has 1 aliphatic heterocycles. The number of aliphatic hydroxyl groups is 1. The second-order valence-electron chi connectivity index (χ2n) is 6.68. The summed E-state index contributed by atoms with van der Waals surface area (Å²) in [5.74, 6) is -1.61. The van der Waals surface area contributed by atoms with Crippen LogP contribution in [0.1, 0.15) is 44.9 Å². The highest BCUT2D eigenvalue weighted by atomic mass is 16.3. The molecule has 1 aromatic carbocycles. The zero-order chi connectivity index (χ0) is 17.4. The molecule has 0 unspecified atom stereocenters. The van der Waals surface area contributed by atoms with Gasteiger partial charge in [-0.2, -0.15) is 5.26 Å². The quantitative estimate of drug-likeness (QED) is 0.870. The number of hydrogen-bond acceptors (Lipinski definition) is 4. The highest BCUT2D eigenvalue weighted by Gasteiger charge is 2.42. The first-order chi connectivity index (χ1) is 10.7. The van der Waals surface area contributed by atoms with Crippen molar-refractivity contribution in [1.29, 1.82) is 5.26 Å². The van der Waals surface area contributed by atoms with Gasteiger partial charge in [0.2, 0.25) is 0 Å². The second-order valence-corrected chi connectivity index (χ2v) is 6.68. The Labute approximate surface area is 135 Å². The molecule has 0 bridgehead atoms. The number of Topliss-reactive ketones (excluding diaryl/α,β-unsaturated/α-hetero) is 1. The minimum Gasteiger partial charge on any atom is -0.503 e. The van der Waals surface area contributed by atoms with E-state index in [0.717, 1.165) is 5.56 Å². The van der Waals surface area contributed by atoms with Crippen molar-refractivity contribution < 1.29 is 14.7 Å². The van der Waals surface area contributed by atoms with Gasteiger partial charge in [0, 0.05) is 0 Å². The SMILES string of the molecule is CC(=O)C1=C(O)C(=O)N(CC#N)[C@@H]1c1ccc(C(C)(C)C)cc1. The monoisotopic (exact) mass is 312 g/mol. The van der Waals surface area contributed by atoms with E-state index in [2.05, 4.69) is 20.8 Å². The van der Waals surface area contributed by atoms with E-state index in [0.29, 0.717) is 5.56 Å². The van der Waals surface area contributed by atoms with Gasteiger partial charge in [-0.25, -0.2) is 0 Å². The average Bonchev–Trinajstić information content (AvgIpc) is 2.72. The van der Waals surface area contributed by atoms with Crippen molar-refractivity contribution in [2.75, 3.05) is 6.54 Å². The van der Waals surface area contributed by atoms with Crippen LogP contribution in [-0.2, 0) is 15.0 Å². The Bertz CT molecular complexity index is 718. The summed E-state index contributed by atoms with van der Waals surface area (Å²) >= 11 is 0. The van der Waals surface area contributed by atoms with Gasteiger partial charge in [-0.15, -0.1) is 0 Å². The summed E-state index contributed by atoms with van der Waals surface area (Å²) in [5, 5.41) is 18.9. The van der Waals surface area contributed by atoms with Crippen molar-refractivity contribution in [3.63, 3.8) is 0 Å². The smallest absolute Gasteiger partial charge is 0.290 e. The van der Waals surface area contributed by atoms with Crippen LogP contribution < -0.4 is 0 Å². The molecule has 1 aliphatic rings. The molecule has 120 valence electrons. The van der Waals surface area contributed by atoms with Crippen LogP contribution in [0.2, 0.25) is 0 Å². The molecule has 0 fully saturated rings. The number of rotatable bonds is 3. The van der Waals surface area contributed by atoms with E-state index < -0.39 is 17.7 Å². The normalized spacial score (nSPS) is 18.3. The highest BCUT2D eigenvalue weighted by molar-refractivity contribution is 6.08. The van der Waals surface area contributed by atoms with Crippen molar-refractivity contribution in [1.82, 2.24) is 4.90 Å². The Balaban J connectivity index is 2.51. The minimum absolute atomic E-state index is 0.0161. The average molecular weight is 312 g/mol. The van der Waals surface area contributed by atoms with Crippen LogP contribution in [0.3, 0.4) is 0 Å². The molecule has 1 heterocycles. The largest absolute Gasteiger partial charge is 0.503 e. The molecule has 1 N–H and O–H groups in total. The van der Waals surface area contributed by atoms with Gasteiger partial charge in [-0.05, 0) is 23.5 Å². The number of ketones is 1. The molecule has 0 aliphatic carbocycles. The third-order valence-electron chi connectivity index (χ3n) is 4.02. The maximum absolute atomic E-state index is 12.1. The number of hydrogen-bond donors (Lipinski definition) is 1. The molecule has 1 atom stereocenters. The summed E-state index contributed by atoms with van der Waals surface area (Å²) in [6.07, 6.45) is 0. The molecule has 2 rings (SSSR count). The fraction of sp³-hybridized carbons (Fsp3) is 0.389. The van der Waals surface area contributed by atoms with Gasteiger partial charge >= 0.3 is 0 Å². The summed E-state index contributed by atoms with van der Waals surface area (Å²) in [7, 11) is 0. The molecule has 5 nitrogen and oxygen atoms in total. The Morgan fingerprint density at radius 2 is 1.87 bits per heavy atom. The molecular formula is C18H20N2O3. The lowest BCUT2D eigenvalue weighted by Gasteiger charge is -2.25. The number of amides is 1. The minimum atomic E-state index is -0.714. The third-order valence-corrected chi connectivity index (χ3v) is 4.02. The zero-order valence-electron chi connectivity index (χ0n) is 13.8. The van der Waals surface area contributed by atoms with E-state index >= 15 is 0 Å². The van der Waals surface area contributed by atoms with Crippen LogP contribution in [-0.4, -0.2) is 28.2 Å². The molecule has 0 saturated heterocycles. The first-order valence-corrected chi connectivity index (χ1v) is 7.41. The maximum Gasteiger partial charge on any atom is 0.290 e. The van der Waals surface area contributed by atoms with Crippen LogP contribution in [0, 0.1) is 11.3 Å². The summed E-state index contributed by atoms with van der Waals surface area (Å²) in [5.41, 5.74) is 1.86. The van der Waals surface area contributed by atoms with Crippen molar-refractivity contribution in [3.05, 3.63) is 46.7 Å². The Kier molecular flexibility index (Phi) is 4.28. The van der Waals surface area contributed by atoms with Crippen LogP contribution in [0.4, 0.5) is 0 Å².